The van der Waals surface area contributed by atoms with Crippen LogP contribution in [-0.4, -0.2) is 31.1 Å². The Hall–Kier alpha value is -2.55. The van der Waals surface area contributed by atoms with Crippen molar-refractivity contribution in [3.05, 3.63) is 29.3 Å². The Morgan fingerprint density at radius 1 is 1.39 bits per heavy atom. The predicted molar refractivity (Wildman–Crippen MR) is 88.0 cm³/mol. The minimum absolute atomic E-state index is 0.00938. The second-order valence-electron chi connectivity index (χ2n) is 5.84. The van der Waals surface area contributed by atoms with Crippen LogP contribution in [0.3, 0.4) is 0 Å². The van der Waals surface area contributed by atoms with Crippen molar-refractivity contribution in [3.8, 4) is 6.07 Å². The number of rotatable bonds is 6. The van der Waals surface area contributed by atoms with Crippen LogP contribution in [-0.2, 0) is 9.53 Å². The maximum Gasteiger partial charge on any atom is 0.338 e. The van der Waals surface area contributed by atoms with Crippen molar-refractivity contribution >= 4 is 17.6 Å². The van der Waals surface area contributed by atoms with Crippen LogP contribution >= 0.6 is 0 Å². The van der Waals surface area contributed by atoms with Gasteiger partial charge in [0.2, 0.25) is 5.91 Å². The molecule has 1 amide bonds. The summed E-state index contributed by atoms with van der Waals surface area (Å²) in [6.45, 7) is 7.23. The summed E-state index contributed by atoms with van der Waals surface area (Å²) in [7, 11) is 1.32. The van der Waals surface area contributed by atoms with Crippen molar-refractivity contribution in [2.45, 2.75) is 33.2 Å². The SMILES string of the molecule is COC(=O)c1cccc(NCC(=O)NC(C)(C#N)C(C)C)c1C. The standard InChI is InChI=1S/C17H23N3O3/c1-11(2)17(4,10-18)20-15(21)9-19-14-8-6-7-13(12(14)3)16(22)23-5/h6-8,11,19H,9H2,1-5H3,(H,20,21). The van der Waals surface area contributed by atoms with Gasteiger partial charge in [-0.25, -0.2) is 4.79 Å². The van der Waals surface area contributed by atoms with Gasteiger partial charge in [0, 0.05) is 5.69 Å². The first-order valence-corrected chi connectivity index (χ1v) is 7.39. The smallest absolute Gasteiger partial charge is 0.338 e. The van der Waals surface area contributed by atoms with E-state index in [1.54, 1.807) is 32.0 Å². The summed E-state index contributed by atoms with van der Waals surface area (Å²) in [6.07, 6.45) is 0. The van der Waals surface area contributed by atoms with Gasteiger partial charge in [0.15, 0.2) is 0 Å². The lowest BCUT2D eigenvalue weighted by molar-refractivity contribution is -0.121. The molecule has 0 saturated heterocycles. The molecule has 124 valence electrons. The van der Waals surface area contributed by atoms with E-state index in [0.29, 0.717) is 16.8 Å². The third-order valence-corrected chi connectivity index (χ3v) is 3.96. The summed E-state index contributed by atoms with van der Waals surface area (Å²) in [5, 5.41) is 14.9. The van der Waals surface area contributed by atoms with Crippen LogP contribution in [0.25, 0.3) is 0 Å². The molecule has 0 bridgehead atoms. The molecular weight excluding hydrogens is 294 g/mol. The molecule has 1 aromatic rings. The number of esters is 1. The highest BCUT2D eigenvalue weighted by molar-refractivity contribution is 5.93. The van der Waals surface area contributed by atoms with Crippen molar-refractivity contribution in [1.82, 2.24) is 5.32 Å². The lowest BCUT2D eigenvalue weighted by Gasteiger charge is -2.27. The fourth-order valence-electron chi connectivity index (χ4n) is 1.97. The van der Waals surface area contributed by atoms with Crippen LogP contribution in [0.4, 0.5) is 5.69 Å². The Bertz CT molecular complexity index is 634. The van der Waals surface area contributed by atoms with Gasteiger partial charge >= 0.3 is 5.97 Å². The highest BCUT2D eigenvalue weighted by atomic mass is 16.5. The fourth-order valence-corrected chi connectivity index (χ4v) is 1.97. The monoisotopic (exact) mass is 317 g/mol. The van der Waals surface area contributed by atoms with Crippen molar-refractivity contribution in [2.75, 3.05) is 19.0 Å². The second kappa shape index (κ2) is 7.63. The summed E-state index contributed by atoms with van der Waals surface area (Å²) in [5.74, 6) is -0.723. The largest absolute Gasteiger partial charge is 0.465 e. The minimum Gasteiger partial charge on any atom is -0.465 e. The molecule has 0 aliphatic rings. The molecule has 2 N–H and O–H groups in total. The van der Waals surface area contributed by atoms with Gasteiger partial charge in [-0.15, -0.1) is 0 Å². The third-order valence-electron chi connectivity index (χ3n) is 3.96. The molecule has 0 aliphatic carbocycles. The number of nitrogens with one attached hydrogen (secondary N) is 2. The topological polar surface area (TPSA) is 91.2 Å². The zero-order valence-corrected chi connectivity index (χ0v) is 14.2. The van der Waals surface area contributed by atoms with Crippen LogP contribution in [0.2, 0.25) is 0 Å². The Morgan fingerprint density at radius 3 is 2.57 bits per heavy atom. The van der Waals surface area contributed by atoms with Gasteiger partial charge in [0.1, 0.15) is 5.54 Å². The van der Waals surface area contributed by atoms with Gasteiger partial charge in [0.25, 0.3) is 0 Å². The van der Waals surface area contributed by atoms with Crippen LogP contribution in [0.15, 0.2) is 18.2 Å². The molecule has 6 nitrogen and oxygen atoms in total. The summed E-state index contributed by atoms with van der Waals surface area (Å²) >= 11 is 0. The molecule has 23 heavy (non-hydrogen) atoms. The summed E-state index contributed by atoms with van der Waals surface area (Å²) in [5.41, 5.74) is 0.911. The molecule has 0 heterocycles. The Labute approximate surface area is 136 Å². The fraction of sp³-hybridized carbons (Fsp3) is 0.471. The molecule has 1 aromatic carbocycles. The van der Waals surface area contributed by atoms with E-state index in [9.17, 15) is 14.9 Å². The van der Waals surface area contributed by atoms with Gasteiger partial charge in [-0.3, -0.25) is 4.79 Å². The lowest BCUT2D eigenvalue weighted by atomic mass is 9.90. The van der Waals surface area contributed by atoms with Gasteiger partial charge in [-0.05, 0) is 37.5 Å². The molecule has 1 unspecified atom stereocenters. The summed E-state index contributed by atoms with van der Waals surface area (Å²) in [4.78, 5) is 23.7. The predicted octanol–water partition coefficient (Wildman–Crippen LogP) is 2.25. The molecule has 0 fully saturated rings. The number of hydrogen-bond donors (Lipinski definition) is 2. The number of carbonyl (C=O) groups excluding carboxylic acids is 2. The Kier molecular flexibility index (Phi) is 6.14. The number of benzene rings is 1. The van der Waals surface area contributed by atoms with Crippen molar-refractivity contribution < 1.29 is 14.3 Å². The Balaban J connectivity index is 2.78. The first-order chi connectivity index (χ1) is 10.7. The lowest BCUT2D eigenvalue weighted by Crippen LogP contribution is -2.50. The van der Waals surface area contributed by atoms with Gasteiger partial charge < -0.3 is 15.4 Å². The van der Waals surface area contributed by atoms with E-state index in [2.05, 4.69) is 16.7 Å². The molecule has 0 saturated carbocycles. The molecule has 1 atom stereocenters. The normalized spacial score (nSPS) is 12.9. The summed E-state index contributed by atoms with van der Waals surface area (Å²) < 4.78 is 4.72. The van der Waals surface area contributed by atoms with Crippen LogP contribution in [0.5, 0.6) is 0 Å². The van der Waals surface area contributed by atoms with Crippen LogP contribution in [0.1, 0.15) is 36.7 Å². The van der Waals surface area contributed by atoms with E-state index in [0.717, 1.165) is 0 Å². The van der Waals surface area contributed by atoms with E-state index >= 15 is 0 Å². The zero-order valence-electron chi connectivity index (χ0n) is 14.2. The highest BCUT2D eigenvalue weighted by Gasteiger charge is 2.29. The molecule has 0 spiro atoms. The molecule has 1 rings (SSSR count). The minimum atomic E-state index is -0.915. The number of nitriles is 1. The molecule has 6 heteroatoms. The molecule has 0 aliphatic heterocycles. The van der Waals surface area contributed by atoms with Gasteiger partial charge in [-0.1, -0.05) is 19.9 Å². The number of anilines is 1. The van der Waals surface area contributed by atoms with Gasteiger partial charge in [0.05, 0.1) is 25.3 Å². The van der Waals surface area contributed by atoms with Gasteiger partial charge in [-0.2, -0.15) is 5.26 Å². The average molecular weight is 317 g/mol. The highest BCUT2D eigenvalue weighted by Crippen LogP contribution is 2.20. The number of nitrogens with zero attached hydrogens (tertiary/aromatic N) is 1. The molecule has 0 radical (unpaired) electrons. The summed E-state index contributed by atoms with van der Waals surface area (Å²) in [6, 6.07) is 7.29. The second-order valence-corrected chi connectivity index (χ2v) is 5.84. The van der Waals surface area contributed by atoms with E-state index in [-0.39, 0.29) is 18.4 Å². The van der Waals surface area contributed by atoms with Crippen molar-refractivity contribution in [2.24, 2.45) is 5.92 Å². The van der Waals surface area contributed by atoms with Crippen LogP contribution < -0.4 is 10.6 Å². The number of hydrogen-bond acceptors (Lipinski definition) is 5. The first-order valence-electron chi connectivity index (χ1n) is 7.39. The van der Waals surface area contributed by atoms with E-state index < -0.39 is 11.5 Å². The van der Waals surface area contributed by atoms with E-state index in [1.165, 1.54) is 7.11 Å². The Morgan fingerprint density at radius 2 is 2.04 bits per heavy atom. The van der Waals surface area contributed by atoms with E-state index in [1.807, 2.05) is 13.8 Å². The van der Waals surface area contributed by atoms with Crippen molar-refractivity contribution in [3.63, 3.8) is 0 Å². The number of ether oxygens (including phenoxy) is 1. The zero-order chi connectivity index (χ0) is 17.6. The number of carbonyl (C=O) groups is 2. The quantitative estimate of drug-likeness (QED) is 0.785. The number of methoxy groups -OCH3 is 1. The van der Waals surface area contributed by atoms with E-state index in [4.69, 9.17) is 4.74 Å². The maximum atomic E-state index is 12.1. The first kappa shape index (κ1) is 18.5. The number of amides is 1. The average Bonchev–Trinajstić information content (AvgIpc) is 2.52. The molecular formula is C17H23N3O3. The third kappa shape index (κ3) is 4.46. The van der Waals surface area contributed by atoms with Crippen molar-refractivity contribution in [1.29, 1.82) is 5.26 Å². The maximum absolute atomic E-state index is 12.1. The van der Waals surface area contributed by atoms with Crippen LogP contribution in [0, 0.1) is 24.2 Å². The molecule has 0 aromatic heterocycles.